The van der Waals surface area contributed by atoms with Gasteiger partial charge < -0.3 is 24.4 Å². The number of aliphatic hydroxyl groups is 2. The smallest absolute Gasteiger partial charge is 0.183 e. The number of nitrogens with zero attached hydrogens (tertiary/aromatic N) is 3. The zero-order valence-electron chi connectivity index (χ0n) is 9.05. The molecule has 8 heteroatoms. The predicted molar refractivity (Wildman–Crippen MR) is 52.5 cm³/mol. The number of hydrogen-bond donors (Lipinski definition) is 2. The van der Waals surface area contributed by atoms with Crippen LogP contribution in [0.3, 0.4) is 0 Å². The standard InChI is InChI=1S/C8H15N3O5/c1-14-3-4(10-11-9)6-7(15-2)5(12)8(13)16-6/h4-8,12-13H,3H2,1-2H3/t4-,5-,6-,7+,8+/m1/s1. The first-order valence-electron chi connectivity index (χ1n) is 4.73. The van der Waals surface area contributed by atoms with Crippen molar-refractivity contribution >= 4 is 0 Å². The highest BCUT2D eigenvalue weighted by atomic mass is 16.7. The molecule has 0 aromatic rings. The van der Waals surface area contributed by atoms with Crippen LogP contribution in [0.2, 0.25) is 0 Å². The lowest BCUT2D eigenvalue weighted by Crippen LogP contribution is -2.41. The van der Waals surface area contributed by atoms with Crippen molar-refractivity contribution in [2.24, 2.45) is 5.11 Å². The van der Waals surface area contributed by atoms with Gasteiger partial charge in [-0.1, -0.05) is 5.11 Å². The van der Waals surface area contributed by atoms with E-state index in [4.69, 9.17) is 19.7 Å². The maximum atomic E-state index is 9.54. The summed E-state index contributed by atoms with van der Waals surface area (Å²) in [5.74, 6) is 0. The molecule has 1 saturated heterocycles. The van der Waals surface area contributed by atoms with E-state index in [1.165, 1.54) is 14.2 Å². The fourth-order valence-corrected chi connectivity index (χ4v) is 1.69. The number of rotatable bonds is 5. The molecule has 1 heterocycles. The Morgan fingerprint density at radius 3 is 2.69 bits per heavy atom. The largest absolute Gasteiger partial charge is 0.385 e. The molecule has 0 bridgehead atoms. The van der Waals surface area contributed by atoms with Gasteiger partial charge in [0.25, 0.3) is 0 Å². The summed E-state index contributed by atoms with van der Waals surface area (Å²) in [6.07, 6.45) is -3.99. The molecule has 0 aromatic heterocycles. The molecule has 1 rings (SSSR count). The lowest BCUT2D eigenvalue weighted by Gasteiger charge is -2.23. The van der Waals surface area contributed by atoms with Crippen LogP contribution in [0.25, 0.3) is 10.4 Å². The van der Waals surface area contributed by atoms with Gasteiger partial charge in [-0.3, -0.25) is 0 Å². The van der Waals surface area contributed by atoms with E-state index < -0.39 is 30.6 Å². The van der Waals surface area contributed by atoms with Crippen LogP contribution in [0.1, 0.15) is 0 Å². The molecule has 92 valence electrons. The van der Waals surface area contributed by atoms with Crippen LogP contribution in [-0.2, 0) is 14.2 Å². The van der Waals surface area contributed by atoms with Gasteiger partial charge in [-0.2, -0.15) is 0 Å². The first-order valence-corrected chi connectivity index (χ1v) is 4.73. The number of ether oxygens (including phenoxy) is 3. The molecule has 0 aromatic carbocycles. The van der Waals surface area contributed by atoms with Gasteiger partial charge in [0.15, 0.2) is 6.29 Å². The van der Waals surface area contributed by atoms with E-state index in [-0.39, 0.29) is 6.61 Å². The minimum Gasteiger partial charge on any atom is -0.385 e. The third-order valence-corrected chi connectivity index (χ3v) is 2.44. The molecule has 0 amide bonds. The first kappa shape index (κ1) is 13.2. The maximum Gasteiger partial charge on any atom is 0.183 e. The number of aliphatic hydroxyl groups excluding tert-OH is 2. The zero-order valence-corrected chi connectivity index (χ0v) is 9.05. The third kappa shape index (κ3) is 2.62. The van der Waals surface area contributed by atoms with Gasteiger partial charge in [0, 0.05) is 19.1 Å². The minimum atomic E-state index is -1.34. The summed E-state index contributed by atoms with van der Waals surface area (Å²) in [6, 6.07) is -0.660. The number of hydrogen-bond acceptors (Lipinski definition) is 6. The Kier molecular flexibility index (Phi) is 4.94. The molecule has 0 saturated carbocycles. The second kappa shape index (κ2) is 6.00. The van der Waals surface area contributed by atoms with E-state index in [1.807, 2.05) is 0 Å². The van der Waals surface area contributed by atoms with E-state index in [1.54, 1.807) is 0 Å². The molecule has 0 radical (unpaired) electrons. The molecule has 5 atom stereocenters. The van der Waals surface area contributed by atoms with Crippen molar-refractivity contribution in [2.45, 2.75) is 30.6 Å². The van der Waals surface area contributed by atoms with Crippen LogP contribution in [-0.4, -0.2) is 61.7 Å². The van der Waals surface area contributed by atoms with Crippen molar-refractivity contribution in [1.29, 1.82) is 0 Å². The molecular formula is C8H15N3O5. The van der Waals surface area contributed by atoms with Gasteiger partial charge in [0.05, 0.1) is 12.6 Å². The monoisotopic (exact) mass is 233 g/mol. The van der Waals surface area contributed by atoms with E-state index in [0.29, 0.717) is 0 Å². The molecule has 0 spiro atoms. The van der Waals surface area contributed by atoms with Crippen molar-refractivity contribution in [3.8, 4) is 0 Å². The molecule has 16 heavy (non-hydrogen) atoms. The topological polar surface area (TPSA) is 117 Å². The predicted octanol–water partition coefficient (Wildman–Crippen LogP) is -0.595. The van der Waals surface area contributed by atoms with E-state index in [9.17, 15) is 10.2 Å². The van der Waals surface area contributed by atoms with Crippen LogP contribution in [0.5, 0.6) is 0 Å². The Hall–Kier alpha value is -0.890. The summed E-state index contributed by atoms with van der Waals surface area (Å²) in [4.78, 5) is 2.66. The van der Waals surface area contributed by atoms with E-state index in [2.05, 4.69) is 10.0 Å². The highest BCUT2D eigenvalue weighted by Crippen LogP contribution is 2.26. The fraction of sp³-hybridized carbons (Fsp3) is 1.00. The van der Waals surface area contributed by atoms with Crippen molar-refractivity contribution in [2.75, 3.05) is 20.8 Å². The van der Waals surface area contributed by atoms with E-state index >= 15 is 0 Å². The lowest BCUT2D eigenvalue weighted by atomic mass is 10.0. The lowest BCUT2D eigenvalue weighted by molar-refractivity contribution is -0.132. The zero-order chi connectivity index (χ0) is 12.1. The molecule has 0 unspecified atom stereocenters. The van der Waals surface area contributed by atoms with Crippen molar-refractivity contribution in [1.82, 2.24) is 0 Å². The van der Waals surface area contributed by atoms with Gasteiger partial charge >= 0.3 is 0 Å². The van der Waals surface area contributed by atoms with Crippen molar-refractivity contribution < 1.29 is 24.4 Å². The van der Waals surface area contributed by atoms with Gasteiger partial charge in [-0.15, -0.1) is 0 Å². The SMILES string of the molecule is COC[C@@H](N=[N+]=[N-])[C@H]1O[C@H](O)[C@H](O)[C@@H]1OC. The molecule has 0 aliphatic carbocycles. The van der Waals surface area contributed by atoms with Crippen LogP contribution < -0.4 is 0 Å². The Labute approximate surface area is 92.4 Å². The van der Waals surface area contributed by atoms with Gasteiger partial charge in [-0.25, -0.2) is 0 Å². The van der Waals surface area contributed by atoms with Crippen LogP contribution in [0.15, 0.2) is 5.11 Å². The normalized spacial score (nSPS) is 35.8. The molecule has 1 aliphatic rings. The number of azide groups is 1. The summed E-state index contributed by atoms with van der Waals surface area (Å²) in [7, 11) is 2.83. The molecule has 2 N–H and O–H groups in total. The highest BCUT2D eigenvalue weighted by molar-refractivity contribution is 4.94. The average molecular weight is 233 g/mol. The molecular weight excluding hydrogens is 218 g/mol. The molecule has 1 aliphatic heterocycles. The Bertz CT molecular complexity index is 270. The quantitative estimate of drug-likeness (QED) is 0.373. The third-order valence-electron chi connectivity index (χ3n) is 2.44. The van der Waals surface area contributed by atoms with Gasteiger partial charge in [0.1, 0.15) is 18.3 Å². The maximum absolute atomic E-state index is 9.54. The minimum absolute atomic E-state index is 0.119. The van der Waals surface area contributed by atoms with E-state index in [0.717, 1.165) is 0 Å². The van der Waals surface area contributed by atoms with Crippen molar-refractivity contribution in [3.63, 3.8) is 0 Å². The summed E-state index contributed by atoms with van der Waals surface area (Å²) in [5.41, 5.74) is 8.40. The molecule has 1 fully saturated rings. The fourth-order valence-electron chi connectivity index (χ4n) is 1.69. The van der Waals surface area contributed by atoms with Crippen LogP contribution in [0, 0.1) is 0 Å². The summed E-state index contributed by atoms with van der Waals surface area (Å²) in [5, 5.41) is 22.4. The second-order valence-electron chi connectivity index (χ2n) is 3.41. The van der Waals surface area contributed by atoms with Crippen LogP contribution in [0.4, 0.5) is 0 Å². The Morgan fingerprint density at radius 1 is 1.50 bits per heavy atom. The second-order valence-corrected chi connectivity index (χ2v) is 3.41. The summed E-state index contributed by atoms with van der Waals surface area (Å²) < 4.78 is 15.0. The first-order chi connectivity index (χ1) is 7.65. The summed E-state index contributed by atoms with van der Waals surface area (Å²) >= 11 is 0. The molecule has 8 nitrogen and oxygen atoms in total. The Morgan fingerprint density at radius 2 is 2.19 bits per heavy atom. The Balaban J connectivity index is 2.79. The van der Waals surface area contributed by atoms with Gasteiger partial charge in [-0.05, 0) is 5.53 Å². The van der Waals surface area contributed by atoms with Gasteiger partial charge in [0.2, 0.25) is 0 Å². The average Bonchev–Trinajstić information content (AvgIpc) is 2.55. The summed E-state index contributed by atoms with van der Waals surface area (Å²) in [6.45, 7) is 0.119. The van der Waals surface area contributed by atoms with Crippen LogP contribution >= 0.6 is 0 Å². The highest BCUT2D eigenvalue weighted by Gasteiger charge is 2.46. The van der Waals surface area contributed by atoms with Crippen molar-refractivity contribution in [3.05, 3.63) is 10.4 Å². The number of methoxy groups -OCH3 is 2.